The summed E-state index contributed by atoms with van der Waals surface area (Å²) in [5, 5.41) is 12.3. The van der Waals surface area contributed by atoms with E-state index in [9.17, 15) is 19.5 Å². The number of hydrogen-bond donors (Lipinski definition) is 2. The second-order valence-corrected chi connectivity index (χ2v) is 9.64. The minimum atomic E-state index is -0.976. The van der Waals surface area contributed by atoms with Gasteiger partial charge in [0.1, 0.15) is 18.7 Å². The van der Waals surface area contributed by atoms with E-state index >= 15 is 0 Å². The SMILES string of the molecule is CC(NC(=O)OCC1c2ccccc2-c2ccccc21)C(=O)N1C(C(=O)O)CC2CCCCC21. The van der Waals surface area contributed by atoms with Crippen LogP contribution < -0.4 is 5.32 Å². The lowest BCUT2D eigenvalue weighted by Crippen LogP contribution is -2.53. The number of alkyl carbamates (subject to hydrolysis) is 1. The summed E-state index contributed by atoms with van der Waals surface area (Å²) in [6.45, 7) is 1.76. The summed E-state index contributed by atoms with van der Waals surface area (Å²) < 4.78 is 5.57. The Balaban J connectivity index is 1.24. The molecule has 2 amide bonds. The lowest BCUT2D eigenvalue weighted by Gasteiger charge is -2.34. The van der Waals surface area contributed by atoms with Gasteiger partial charge in [-0.2, -0.15) is 0 Å². The van der Waals surface area contributed by atoms with E-state index in [1.54, 1.807) is 6.92 Å². The zero-order valence-electron chi connectivity index (χ0n) is 19.3. The molecule has 5 rings (SSSR count). The number of carboxylic acids is 1. The fourth-order valence-corrected chi connectivity index (χ4v) is 6.10. The molecule has 7 nitrogen and oxygen atoms in total. The number of fused-ring (bicyclic) bond motifs is 4. The highest BCUT2D eigenvalue weighted by Crippen LogP contribution is 2.44. The van der Waals surface area contributed by atoms with E-state index in [4.69, 9.17) is 4.74 Å². The fraction of sp³-hybridized carbons (Fsp3) is 0.444. The predicted octanol–water partition coefficient (Wildman–Crippen LogP) is 4.16. The number of aliphatic carboxylic acids is 1. The van der Waals surface area contributed by atoms with Gasteiger partial charge in [-0.3, -0.25) is 4.79 Å². The molecule has 1 heterocycles. The van der Waals surface area contributed by atoms with Crippen molar-refractivity contribution in [2.24, 2.45) is 5.92 Å². The zero-order chi connectivity index (χ0) is 23.8. The normalized spacial score (nSPS) is 24.0. The largest absolute Gasteiger partial charge is 0.480 e. The minimum Gasteiger partial charge on any atom is -0.480 e. The summed E-state index contributed by atoms with van der Waals surface area (Å²) >= 11 is 0. The number of rotatable bonds is 5. The van der Waals surface area contributed by atoms with Crippen LogP contribution in [0.5, 0.6) is 0 Å². The average Bonchev–Trinajstić information content (AvgIpc) is 3.39. The highest BCUT2D eigenvalue weighted by molar-refractivity contribution is 5.90. The molecule has 1 saturated carbocycles. The molecule has 1 aliphatic heterocycles. The van der Waals surface area contributed by atoms with Crippen molar-refractivity contribution >= 4 is 18.0 Å². The number of benzene rings is 2. The van der Waals surface area contributed by atoms with E-state index in [-0.39, 0.29) is 30.4 Å². The van der Waals surface area contributed by atoms with E-state index in [0.717, 1.165) is 47.9 Å². The molecule has 2 aromatic rings. The summed E-state index contributed by atoms with van der Waals surface area (Å²) in [6, 6.07) is 14.4. The van der Waals surface area contributed by atoms with E-state index in [0.29, 0.717) is 6.42 Å². The monoisotopic (exact) mass is 462 g/mol. The van der Waals surface area contributed by atoms with E-state index in [1.807, 2.05) is 36.4 Å². The first-order chi connectivity index (χ1) is 16.5. The second kappa shape index (κ2) is 9.12. The molecule has 0 bridgehead atoms. The van der Waals surface area contributed by atoms with Crippen LogP contribution in [0.15, 0.2) is 48.5 Å². The van der Waals surface area contributed by atoms with Gasteiger partial charge >= 0.3 is 12.1 Å². The first-order valence-electron chi connectivity index (χ1n) is 12.1. The second-order valence-electron chi connectivity index (χ2n) is 9.64. The number of carbonyl (C=O) groups is 3. The fourth-order valence-electron chi connectivity index (χ4n) is 6.10. The molecule has 178 valence electrons. The molecule has 4 unspecified atom stereocenters. The Hall–Kier alpha value is -3.35. The summed E-state index contributed by atoms with van der Waals surface area (Å²) in [4.78, 5) is 39.2. The molecule has 3 aliphatic rings. The maximum Gasteiger partial charge on any atom is 0.407 e. The Morgan fingerprint density at radius 3 is 2.29 bits per heavy atom. The number of carbonyl (C=O) groups excluding carboxylic acids is 2. The summed E-state index contributed by atoms with van der Waals surface area (Å²) in [5.41, 5.74) is 4.52. The summed E-state index contributed by atoms with van der Waals surface area (Å²) in [7, 11) is 0. The van der Waals surface area contributed by atoms with Crippen LogP contribution in [-0.2, 0) is 14.3 Å². The van der Waals surface area contributed by atoms with Crippen molar-refractivity contribution in [1.82, 2.24) is 10.2 Å². The van der Waals surface area contributed by atoms with Crippen LogP contribution in [0.25, 0.3) is 11.1 Å². The summed E-state index contributed by atoms with van der Waals surface area (Å²) in [5.74, 6) is -1.17. The van der Waals surface area contributed by atoms with Crippen LogP contribution in [-0.4, -0.2) is 52.7 Å². The Kier molecular flexibility index (Phi) is 6.02. The van der Waals surface area contributed by atoms with Gasteiger partial charge in [0.05, 0.1) is 0 Å². The summed E-state index contributed by atoms with van der Waals surface area (Å²) in [6.07, 6.45) is 3.65. The number of nitrogens with one attached hydrogen (secondary N) is 1. The van der Waals surface area contributed by atoms with Crippen molar-refractivity contribution in [3.05, 3.63) is 59.7 Å². The minimum absolute atomic E-state index is 0.0610. The van der Waals surface area contributed by atoms with Crippen molar-refractivity contribution in [1.29, 1.82) is 0 Å². The molecular formula is C27H30N2O5. The third kappa shape index (κ3) is 3.93. The van der Waals surface area contributed by atoms with Gasteiger partial charge in [-0.05, 0) is 54.4 Å². The molecule has 1 saturated heterocycles. The molecule has 2 N–H and O–H groups in total. The van der Waals surface area contributed by atoms with Crippen LogP contribution in [0.3, 0.4) is 0 Å². The Morgan fingerprint density at radius 1 is 1.03 bits per heavy atom. The van der Waals surface area contributed by atoms with Gasteiger partial charge in [-0.25, -0.2) is 9.59 Å². The maximum atomic E-state index is 13.2. The van der Waals surface area contributed by atoms with E-state index in [2.05, 4.69) is 17.4 Å². The highest BCUT2D eigenvalue weighted by Gasteiger charge is 2.48. The number of hydrogen-bond acceptors (Lipinski definition) is 4. The zero-order valence-corrected chi connectivity index (χ0v) is 19.3. The van der Waals surface area contributed by atoms with Crippen molar-refractivity contribution in [2.75, 3.05) is 6.61 Å². The van der Waals surface area contributed by atoms with Gasteiger partial charge in [-0.1, -0.05) is 61.4 Å². The van der Waals surface area contributed by atoms with E-state index in [1.165, 1.54) is 4.90 Å². The van der Waals surface area contributed by atoms with E-state index < -0.39 is 24.1 Å². The molecule has 7 heteroatoms. The lowest BCUT2D eigenvalue weighted by atomic mass is 9.84. The van der Waals surface area contributed by atoms with Crippen molar-refractivity contribution in [2.45, 2.75) is 63.1 Å². The number of carboxylic acid groups (broad SMARTS) is 1. The Bertz CT molecular complexity index is 1070. The van der Waals surface area contributed by atoms with Crippen LogP contribution in [0, 0.1) is 5.92 Å². The van der Waals surface area contributed by atoms with Crippen molar-refractivity contribution < 1.29 is 24.2 Å². The van der Waals surface area contributed by atoms with Gasteiger partial charge in [0.2, 0.25) is 5.91 Å². The Morgan fingerprint density at radius 2 is 1.65 bits per heavy atom. The van der Waals surface area contributed by atoms with Gasteiger partial charge in [-0.15, -0.1) is 0 Å². The average molecular weight is 463 g/mol. The maximum absolute atomic E-state index is 13.2. The topological polar surface area (TPSA) is 95.9 Å². The molecule has 0 radical (unpaired) electrons. The smallest absolute Gasteiger partial charge is 0.407 e. The number of amides is 2. The molecule has 2 aromatic carbocycles. The predicted molar refractivity (Wildman–Crippen MR) is 126 cm³/mol. The first-order valence-corrected chi connectivity index (χ1v) is 12.1. The lowest BCUT2D eigenvalue weighted by molar-refractivity contribution is -0.150. The number of ether oxygens (including phenoxy) is 1. The molecule has 2 aliphatic carbocycles. The quantitative estimate of drug-likeness (QED) is 0.696. The molecule has 0 aromatic heterocycles. The van der Waals surface area contributed by atoms with Crippen LogP contribution in [0.2, 0.25) is 0 Å². The molecule has 0 spiro atoms. The molecule has 4 atom stereocenters. The van der Waals surface area contributed by atoms with Crippen LogP contribution in [0.4, 0.5) is 4.79 Å². The number of nitrogens with zero attached hydrogens (tertiary/aromatic N) is 1. The highest BCUT2D eigenvalue weighted by atomic mass is 16.5. The van der Waals surface area contributed by atoms with Crippen LogP contribution >= 0.6 is 0 Å². The third-order valence-electron chi connectivity index (χ3n) is 7.68. The third-order valence-corrected chi connectivity index (χ3v) is 7.68. The molecule has 34 heavy (non-hydrogen) atoms. The van der Waals surface area contributed by atoms with Crippen molar-refractivity contribution in [3.63, 3.8) is 0 Å². The van der Waals surface area contributed by atoms with Gasteiger partial charge in [0, 0.05) is 12.0 Å². The molecular weight excluding hydrogens is 432 g/mol. The number of likely N-dealkylation sites (tertiary alicyclic amines) is 1. The van der Waals surface area contributed by atoms with Gasteiger partial charge in [0.25, 0.3) is 0 Å². The first kappa shape index (κ1) is 22.4. The van der Waals surface area contributed by atoms with Gasteiger partial charge < -0.3 is 20.1 Å². The van der Waals surface area contributed by atoms with Crippen molar-refractivity contribution in [3.8, 4) is 11.1 Å². The van der Waals surface area contributed by atoms with Crippen LogP contribution in [0.1, 0.15) is 56.1 Å². The van der Waals surface area contributed by atoms with Gasteiger partial charge in [0.15, 0.2) is 0 Å². The molecule has 2 fully saturated rings. The Labute approximate surface area is 199 Å². The standard InChI is InChI=1S/C27H30N2O5/c1-16(25(30)29-23-13-7-2-8-17(23)14-24(29)26(31)32)28-27(33)34-15-22-20-11-5-3-9-18(20)19-10-4-6-12-21(19)22/h3-6,9-12,16-17,22-24H,2,7-8,13-15H2,1H3,(H,28,33)(H,31,32).